The van der Waals surface area contributed by atoms with E-state index in [0.29, 0.717) is 11.6 Å². The molecular weight excluding hydrogens is 340 g/mol. The number of nitrogens with one attached hydrogen (secondary N) is 2. The molecule has 2 N–H and O–H groups in total. The number of aromatic nitrogens is 4. The third-order valence-electron chi connectivity index (χ3n) is 4.11. The Kier molecular flexibility index (Phi) is 4.49. The Morgan fingerprint density at radius 1 is 1.04 bits per heavy atom. The van der Waals surface area contributed by atoms with Gasteiger partial charge in [-0.05, 0) is 24.6 Å². The van der Waals surface area contributed by atoms with Gasteiger partial charge >= 0.3 is 0 Å². The molecule has 0 fully saturated rings. The average molecular weight is 358 g/mol. The van der Waals surface area contributed by atoms with E-state index in [-0.39, 0.29) is 5.91 Å². The average Bonchev–Trinajstić information content (AvgIpc) is 3.16. The largest absolute Gasteiger partial charge is 0.355 e. The van der Waals surface area contributed by atoms with Gasteiger partial charge in [0.25, 0.3) is 11.7 Å². The molecule has 2 aromatic heterocycles. The fraction of sp³-hybridized carbons (Fsp3) is 0.100. The Morgan fingerprint density at radius 2 is 1.74 bits per heavy atom. The van der Waals surface area contributed by atoms with E-state index in [1.165, 1.54) is 6.33 Å². The van der Waals surface area contributed by atoms with Gasteiger partial charge in [0.2, 0.25) is 0 Å². The summed E-state index contributed by atoms with van der Waals surface area (Å²) in [6.45, 7) is 1.88. The molecule has 0 bridgehead atoms. The third-order valence-corrected chi connectivity index (χ3v) is 4.11. The molecule has 2 heterocycles. The van der Waals surface area contributed by atoms with Crippen LogP contribution in [0.4, 0.5) is 11.5 Å². The molecule has 27 heavy (non-hydrogen) atoms. The van der Waals surface area contributed by atoms with E-state index in [2.05, 4.69) is 25.7 Å². The van der Waals surface area contributed by atoms with Crippen molar-refractivity contribution in [2.24, 2.45) is 0 Å². The number of nitrogens with zero attached hydrogens (tertiary/aromatic N) is 4. The molecular formula is C20H18N6O. The first-order chi connectivity index (χ1) is 13.2. The third kappa shape index (κ3) is 3.62. The molecule has 0 spiro atoms. The SMILES string of the molecule is Cc1cc(N[C@@H](C(=O)Nc2ccccc2)c2ccccc2)n2ncnc2n1. The highest BCUT2D eigenvalue weighted by molar-refractivity contribution is 5.97. The maximum Gasteiger partial charge on any atom is 0.254 e. The first-order valence-electron chi connectivity index (χ1n) is 8.55. The predicted molar refractivity (Wildman–Crippen MR) is 103 cm³/mol. The zero-order valence-corrected chi connectivity index (χ0v) is 14.7. The first-order valence-corrected chi connectivity index (χ1v) is 8.55. The molecule has 7 nitrogen and oxygen atoms in total. The summed E-state index contributed by atoms with van der Waals surface area (Å²) in [6, 6.07) is 20.2. The molecule has 134 valence electrons. The molecule has 0 aliphatic heterocycles. The van der Waals surface area contributed by atoms with Crippen molar-refractivity contribution >= 4 is 23.2 Å². The van der Waals surface area contributed by atoms with Crippen LogP contribution in [0.25, 0.3) is 5.78 Å². The lowest BCUT2D eigenvalue weighted by atomic mass is 10.1. The van der Waals surface area contributed by atoms with Crippen molar-refractivity contribution < 1.29 is 4.79 Å². The Hall–Kier alpha value is -3.74. The van der Waals surface area contributed by atoms with Crippen molar-refractivity contribution in [3.05, 3.63) is 84.3 Å². The lowest BCUT2D eigenvalue weighted by Crippen LogP contribution is -2.28. The van der Waals surface area contributed by atoms with Crippen molar-refractivity contribution in [2.45, 2.75) is 13.0 Å². The molecule has 0 radical (unpaired) electrons. The minimum Gasteiger partial charge on any atom is -0.355 e. The summed E-state index contributed by atoms with van der Waals surface area (Å²) in [4.78, 5) is 21.5. The van der Waals surface area contributed by atoms with Crippen molar-refractivity contribution in [2.75, 3.05) is 10.6 Å². The van der Waals surface area contributed by atoms with Crippen LogP contribution in [0, 0.1) is 6.92 Å². The van der Waals surface area contributed by atoms with Gasteiger partial charge in [-0.1, -0.05) is 48.5 Å². The van der Waals surface area contributed by atoms with Crippen LogP contribution < -0.4 is 10.6 Å². The monoisotopic (exact) mass is 358 g/mol. The summed E-state index contributed by atoms with van der Waals surface area (Å²) in [5.41, 5.74) is 2.36. The Bertz CT molecular complexity index is 1060. The van der Waals surface area contributed by atoms with Gasteiger partial charge in [-0.3, -0.25) is 4.79 Å². The number of carbonyl (C=O) groups is 1. The van der Waals surface area contributed by atoms with Crippen molar-refractivity contribution in [3.63, 3.8) is 0 Å². The van der Waals surface area contributed by atoms with E-state index in [1.54, 1.807) is 4.52 Å². The van der Waals surface area contributed by atoms with Gasteiger partial charge in [-0.25, -0.2) is 4.98 Å². The van der Waals surface area contributed by atoms with Crippen molar-refractivity contribution in [1.29, 1.82) is 0 Å². The van der Waals surface area contributed by atoms with Crippen LogP contribution in [0.2, 0.25) is 0 Å². The molecule has 0 aliphatic carbocycles. The zero-order valence-electron chi connectivity index (χ0n) is 14.7. The number of hydrogen-bond acceptors (Lipinski definition) is 5. The van der Waals surface area contributed by atoms with E-state index < -0.39 is 6.04 Å². The summed E-state index contributed by atoms with van der Waals surface area (Å²) >= 11 is 0. The predicted octanol–water partition coefficient (Wildman–Crippen LogP) is 3.22. The second kappa shape index (κ2) is 7.25. The van der Waals surface area contributed by atoms with Crippen LogP contribution in [-0.4, -0.2) is 25.5 Å². The standard InChI is InChI=1S/C20H18N6O/c1-14-12-17(26-20(23-14)21-13-22-26)25-18(15-8-4-2-5-9-15)19(27)24-16-10-6-3-7-11-16/h2-13,18,25H,1H3,(H,24,27)/t18-/m1/s1. The van der Waals surface area contributed by atoms with Crippen LogP contribution in [0.5, 0.6) is 0 Å². The van der Waals surface area contributed by atoms with Gasteiger partial charge in [0.1, 0.15) is 18.2 Å². The topological polar surface area (TPSA) is 84.2 Å². The number of aryl methyl sites for hydroxylation is 1. The van der Waals surface area contributed by atoms with Gasteiger partial charge in [0, 0.05) is 17.4 Å². The van der Waals surface area contributed by atoms with Gasteiger partial charge in [-0.15, -0.1) is 0 Å². The Morgan fingerprint density at radius 3 is 2.48 bits per heavy atom. The normalized spacial score (nSPS) is 11.9. The molecule has 0 saturated carbocycles. The Balaban J connectivity index is 1.70. The van der Waals surface area contributed by atoms with Crippen molar-refractivity contribution in [1.82, 2.24) is 19.6 Å². The summed E-state index contributed by atoms with van der Waals surface area (Å²) in [5, 5.41) is 10.4. The lowest BCUT2D eigenvalue weighted by Gasteiger charge is -2.20. The second-order valence-corrected chi connectivity index (χ2v) is 6.10. The van der Waals surface area contributed by atoms with Crippen LogP contribution in [0.3, 0.4) is 0 Å². The molecule has 0 aliphatic rings. The zero-order chi connectivity index (χ0) is 18.6. The molecule has 0 saturated heterocycles. The highest BCUT2D eigenvalue weighted by atomic mass is 16.2. The Labute approximate surface area is 156 Å². The minimum atomic E-state index is -0.611. The number of hydrogen-bond donors (Lipinski definition) is 2. The quantitative estimate of drug-likeness (QED) is 0.572. The summed E-state index contributed by atoms with van der Waals surface area (Å²) in [5.74, 6) is 0.954. The van der Waals surface area contributed by atoms with E-state index in [0.717, 1.165) is 16.9 Å². The minimum absolute atomic E-state index is 0.171. The highest BCUT2D eigenvalue weighted by Crippen LogP contribution is 2.22. The molecule has 7 heteroatoms. The number of para-hydroxylation sites is 1. The number of anilines is 2. The fourth-order valence-corrected chi connectivity index (χ4v) is 2.86. The van der Waals surface area contributed by atoms with E-state index in [9.17, 15) is 4.79 Å². The van der Waals surface area contributed by atoms with Gasteiger partial charge in [0.15, 0.2) is 0 Å². The number of amides is 1. The molecule has 1 amide bonds. The fourth-order valence-electron chi connectivity index (χ4n) is 2.86. The highest BCUT2D eigenvalue weighted by Gasteiger charge is 2.22. The summed E-state index contributed by atoms with van der Waals surface area (Å²) < 4.78 is 1.58. The smallest absolute Gasteiger partial charge is 0.254 e. The number of carbonyl (C=O) groups excluding carboxylic acids is 1. The van der Waals surface area contributed by atoms with Crippen molar-refractivity contribution in [3.8, 4) is 0 Å². The first kappa shape index (κ1) is 16.7. The second-order valence-electron chi connectivity index (χ2n) is 6.10. The van der Waals surface area contributed by atoms with Gasteiger partial charge in [-0.2, -0.15) is 14.6 Å². The summed E-state index contributed by atoms with van der Waals surface area (Å²) in [6.07, 6.45) is 1.44. The van der Waals surface area contributed by atoms with Crippen LogP contribution >= 0.6 is 0 Å². The van der Waals surface area contributed by atoms with Crippen LogP contribution in [0.15, 0.2) is 73.1 Å². The van der Waals surface area contributed by atoms with Gasteiger partial charge in [0.05, 0.1) is 0 Å². The number of fused-ring (bicyclic) bond motifs is 1. The molecule has 2 aromatic carbocycles. The number of benzene rings is 2. The molecule has 1 atom stereocenters. The molecule has 4 rings (SSSR count). The van der Waals surface area contributed by atoms with E-state index in [4.69, 9.17) is 0 Å². The molecule has 0 unspecified atom stereocenters. The van der Waals surface area contributed by atoms with Crippen LogP contribution in [-0.2, 0) is 4.79 Å². The molecule has 4 aromatic rings. The maximum atomic E-state index is 13.0. The maximum absolute atomic E-state index is 13.0. The van der Waals surface area contributed by atoms with Gasteiger partial charge < -0.3 is 10.6 Å². The van der Waals surface area contributed by atoms with E-state index in [1.807, 2.05) is 73.7 Å². The summed E-state index contributed by atoms with van der Waals surface area (Å²) in [7, 11) is 0. The number of rotatable bonds is 5. The lowest BCUT2D eigenvalue weighted by molar-refractivity contribution is -0.117. The van der Waals surface area contributed by atoms with Crippen LogP contribution in [0.1, 0.15) is 17.3 Å². The van der Waals surface area contributed by atoms with E-state index >= 15 is 0 Å².